The van der Waals surface area contributed by atoms with Crippen LogP contribution in [0.15, 0.2) is 24.4 Å². The molecular formula is C15H20FN3. The monoisotopic (exact) mass is 261 g/mol. The number of hydrogen-bond donors (Lipinski definition) is 1. The Morgan fingerprint density at radius 1 is 1.37 bits per heavy atom. The van der Waals surface area contributed by atoms with Gasteiger partial charge in [0.2, 0.25) is 0 Å². The van der Waals surface area contributed by atoms with E-state index in [1.54, 1.807) is 13.0 Å². The van der Waals surface area contributed by atoms with E-state index >= 15 is 0 Å². The molecule has 102 valence electrons. The number of benzene rings is 1. The molecule has 1 atom stereocenters. The third-order valence-corrected chi connectivity index (χ3v) is 3.59. The van der Waals surface area contributed by atoms with Crippen LogP contribution in [0.1, 0.15) is 35.3 Å². The predicted octanol–water partition coefficient (Wildman–Crippen LogP) is 3.03. The molecule has 4 heteroatoms. The van der Waals surface area contributed by atoms with Gasteiger partial charge in [-0.1, -0.05) is 12.1 Å². The van der Waals surface area contributed by atoms with Crippen molar-refractivity contribution < 1.29 is 4.39 Å². The minimum absolute atomic E-state index is 0.149. The van der Waals surface area contributed by atoms with Crippen molar-refractivity contribution in [3.8, 4) is 0 Å². The molecule has 1 heterocycles. The highest BCUT2D eigenvalue weighted by molar-refractivity contribution is 5.24. The summed E-state index contributed by atoms with van der Waals surface area (Å²) in [5.41, 5.74) is 3.96. The number of nitrogens with zero attached hydrogens (tertiary/aromatic N) is 2. The van der Waals surface area contributed by atoms with E-state index in [0.29, 0.717) is 12.1 Å². The molecule has 0 amide bonds. The average Bonchev–Trinajstić information content (AvgIpc) is 2.71. The minimum atomic E-state index is -0.149. The lowest BCUT2D eigenvalue weighted by Crippen LogP contribution is -2.18. The Labute approximate surface area is 113 Å². The van der Waals surface area contributed by atoms with Gasteiger partial charge in [0.05, 0.1) is 6.20 Å². The summed E-state index contributed by atoms with van der Waals surface area (Å²) in [4.78, 5) is 0. The van der Waals surface area contributed by atoms with Crippen LogP contribution in [0.25, 0.3) is 0 Å². The average molecular weight is 261 g/mol. The van der Waals surface area contributed by atoms with E-state index in [2.05, 4.69) is 17.3 Å². The van der Waals surface area contributed by atoms with Crippen LogP contribution >= 0.6 is 0 Å². The molecule has 0 aliphatic rings. The van der Waals surface area contributed by atoms with E-state index in [4.69, 9.17) is 0 Å². The lowest BCUT2D eigenvalue weighted by molar-refractivity contribution is 0.564. The first-order chi connectivity index (χ1) is 8.99. The van der Waals surface area contributed by atoms with Crippen molar-refractivity contribution in [2.75, 3.05) is 0 Å². The summed E-state index contributed by atoms with van der Waals surface area (Å²) in [6, 6.07) is 5.55. The third kappa shape index (κ3) is 3.01. The van der Waals surface area contributed by atoms with Crippen LogP contribution in [0.5, 0.6) is 0 Å². The van der Waals surface area contributed by atoms with Gasteiger partial charge in [-0.05, 0) is 38.0 Å². The molecule has 1 unspecified atom stereocenters. The van der Waals surface area contributed by atoms with E-state index in [0.717, 1.165) is 11.3 Å². The molecule has 0 radical (unpaired) electrons. The predicted molar refractivity (Wildman–Crippen MR) is 74.3 cm³/mol. The van der Waals surface area contributed by atoms with Gasteiger partial charge in [-0.2, -0.15) is 5.10 Å². The van der Waals surface area contributed by atoms with Gasteiger partial charge in [0.1, 0.15) is 5.82 Å². The smallest absolute Gasteiger partial charge is 0.126 e. The third-order valence-electron chi connectivity index (χ3n) is 3.59. The highest BCUT2D eigenvalue weighted by Gasteiger charge is 2.11. The highest BCUT2D eigenvalue weighted by Crippen LogP contribution is 2.17. The van der Waals surface area contributed by atoms with Gasteiger partial charge in [0, 0.05) is 30.9 Å². The van der Waals surface area contributed by atoms with Gasteiger partial charge >= 0.3 is 0 Å². The summed E-state index contributed by atoms with van der Waals surface area (Å²) < 4.78 is 15.3. The van der Waals surface area contributed by atoms with Gasteiger partial charge in [0.15, 0.2) is 0 Å². The molecule has 1 N–H and O–H groups in total. The number of rotatable bonds is 4. The van der Waals surface area contributed by atoms with Crippen molar-refractivity contribution in [1.82, 2.24) is 15.1 Å². The molecule has 1 aromatic carbocycles. The molecular weight excluding hydrogens is 241 g/mol. The van der Waals surface area contributed by atoms with Crippen LogP contribution in [0.3, 0.4) is 0 Å². The fourth-order valence-electron chi connectivity index (χ4n) is 2.07. The molecule has 0 fully saturated rings. The highest BCUT2D eigenvalue weighted by atomic mass is 19.1. The molecule has 0 spiro atoms. The van der Waals surface area contributed by atoms with Gasteiger partial charge in [0.25, 0.3) is 0 Å². The van der Waals surface area contributed by atoms with Crippen molar-refractivity contribution in [2.24, 2.45) is 7.05 Å². The van der Waals surface area contributed by atoms with Gasteiger partial charge in [-0.25, -0.2) is 4.39 Å². The summed E-state index contributed by atoms with van der Waals surface area (Å²) >= 11 is 0. The SMILES string of the molecule is Cc1ccc(CNC(C)c2cnn(C)c2C)cc1F. The number of nitrogens with one attached hydrogen (secondary N) is 1. The van der Waals surface area contributed by atoms with Crippen molar-refractivity contribution in [1.29, 1.82) is 0 Å². The maximum atomic E-state index is 13.5. The maximum Gasteiger partial charge on any atom is 0.126 e. The standard InChI is InChI=1S/C15H20FN3/c1-10-5-6-13(7-15(10)16)8-17-11(2)14-9-18-19(4)12(14)3/h5-7,9,11,17H,8H2,1-4H3. The van der Waals surface area contributed by atoms with Crippen molar-refractivity contribution >= 4 is 0 Å². The molecule has 3 nitrogen and oxygen atoms in total. The van der Waals surface area contributed by atoms with E-state index in [9.17, 15) is 4.39 Å². The molecule has 0 aliphatic heterocycles. The summed E-state index contributed by atoms with van der Waals surface area (Å²) in [5, 5.41) is 7.63. The lowest BCUT2D eigenvalue weighted by Gasteiger charge is -2.14. The number of aryl methyl sites for hydroxylation is 2. The van der Waals surface area contributed by atoms with Crippen LogP contribution in [0.2, 0.25) is 0 Å². The topological polar surface area (TPSA) is 29.9 Å². The van der Waals surface area contributed by atoms with E-state index in [-0.39, 0.29) is 11.9 Å². The Balaban J connectivity index is 2.02. The van der Waals surface area contributed by atoms with Crippen LogP contribution in [0, 0.1) is 19.7 Å². The zero-order valence-corrected chi connectivity index (χ0v) is 11.9. The number of aromatic nitrogens is 2. The Bertz CT molecular complexity index is 575. The van der Waals surface area contributed by atoms with E-state index in [1.807, 2.05) is 37.0 Å². The minimum Gasteiger partial charge on any atom is -0.306 e. The molecule has 0 aliphatic carbocycles. The zero-order valence-electron chi connectivity index (χ0n) is 11.9. The molecule has 1 aromatic heterocycles. The Morgan fingerprint density at radius 2 is 2.11 bits per heavy atom. The second kappa shape index (κ2) is 5.53. The summed E-state index contributed by atoms with van der Waals surface area (Å²) in [6.07, 6.45) is 1.88. The van der Waals surface area contributed by atoms with Crippen LogP contribution in [-0.2, 0) is 13.6 Å². The Hall–Kier alpha value is -1.68. The van der Waals surface area contributed by atoms with E-state index < -0.39 is 0 Å². The van der Waals surface area contributed by atoms with Gasteiger partial charge < -0.3 is 5.32 Å². The fraction of sp³-hybridized carbons (Fsp3) is 0.400. The first-order valence-electron chi connectivity index (χ1n) is 6.46. The number of hydrogen-bond acceptors (Lipinski definition) is 2. The largest absolute Gasteiger partial charge is 0.306 e. The molecule has 0 saturated carbocycles. The molecule has 19 heavy (non-hydrogen) atoms. The zero-order chi connectivity index (χ0) is 14.0. The fourth-order valence-corrected chi connectivity index (χ4v) is 2.07. The van der Waals surface area contributed by atoms with Crippen molar-refractivity contribution in [3.63, 3.8) is 0 Å². The summed E-state index contributed by atoms with van der Waals surface area (Å²) in [6.45, 7) is 6.56. The second-order valence-corrected chi connectivity index (χ2v) is 5.00. The van der Waals surface area contributed by atoms with Crippen LogP contribution in [-0.4, -0.2) is 9.78 Å². The van der Waals surface area contributed by atoms with Gasteiger partial charge in [-0.15, -0.1) is 0 Å². The summed E-state index contributed by atoms with van der Waals surface area (Å²) in [7, 11) is 1.93. The molecule has 2 rings (SSSR count). The second-order valence-electron chi connectivity index (χ2n) is 5.00. The van der Waals surface area contributed by atoms with Crippen LogP contribution in [0.4, 0.5) is 4.39 Å². The maximum absolute atomic E-state index is 13.5. The van der Waals surface area contributed by atoms with Gasteiger partial charge in [-0.3, -0.25) is 4.68 Å². The molecule has 0 bridgehead atoms. The quantitative estimate of drug-likeness (QED) is 0.916. The molecule has 0 saturated heterocycles. The number of halogens is 1. The molecule has 2 aromatic rings. The van der Waals surface area contributed by atoms with Crippen molar-refractivity contribution in [3.05, 3.63) is 52.6 Å². The van der Waals surface area contributed by atoms with Crippen molar-refractivity contribution in [2.45, 2.75) is 33.4 Å². The summed E-state index contributed by atoms with van der Waals surface area (Å²) in [5.74, 6) is -0.149. The Kier molecular flexibility index (Phi) is 4.00. The first kappa shape index (κ1) is 13.7. The first-order valence-corrected chi connectivity index (χ1v) is 6.46. The van der Waals surface area contributed by atoms with Crippen LogP contribution < -0.4 is 5.32 Å². The lowest BCUT2D eigenvalue weighted by atomic mass is 10.1. The normalized spacial score (nSPS) is 12.7. The Morgan fingerprint density at radius 3 is 2.68 bits per heavy atom. The van der Waals surface area contributed by atoms with E-state index in [1.165, 1.54) is 5.56 Å².